The summed E-state index contributed by atoms with van der Waals surface area (Å²) in [5.41, 5.74) is 1.18. The quantitative estimate of drug-likeness (QED) is 0.690. The summed E-state index contributed by atoms with van der Waals surface area (Å²) in [5, 5.41) is 0. The Bertz CT molecular complexity index is 724. The first-order valence-corrected chi connectivity index (χ1v) is 11.0. The van der Waals surface area contributed by atoms with E-state index in [9.17, 15) is 13.2 Å². The number of methoxy groups -OCH3 is 1. The lowest BCUT2D eigenvalue weighted by Crippen LogP contribution is -2.57. The van der Waals surface area contributed by atoms with E-state index >= 15 is 0 Å². The van der Waals surface area contributed by atoms with Crippen LogP contribution in [0.25, 0.3) is 0 Å². The van der Waals surface area contributed by atoms with Gasteiger partial charge in [-0.15, -0.1) is 0 Å². The number of rotatable bonds is 7. The van der Waals surface area contributed by atoms with Crippen molar-refractivity contribution in [3.05, 3.63) is 35.9 Å². The van der Waals surface area contributed by atoms with Crippen molar-refractivity contribution in [2.24, 2.45) is 5.92 Å². The van der Waals surface area contributed by atoms with Gasteiger partial charge in [-0.3, -0.25) is 4.79 Å². The molecule has 0 saturated carbocycles. The molecule has 2 fully saturated rings. The molecule has 27 heavy (non-hydrogen) atoms. The maximum absolute atomic E-state index is 13.0. The molecule has 0 N–H and O–H groups in total. The zero-order valence-electron chi connectivity index (χ0n) is 15.9. The number of carbonyl (C=O) groups is 1. The Kier molecular flexibility index (Phi) is 6.86. The summed E-state index contributed by atoms with van der Waals surface area (Å²) in [6.07, 6.45) is 2.59. The number of benzene rings is 1. The number of piperidine rings is 1. The van der Waals surface area contributed by atoms with E-state index in [1.807, 2.05) is 30.3 Å². The van der Waals surface area contributed by atoms with E-state index in [4.69, 9.17) is 4.74 Å². The van der Waals surface area contributed by atoms with E-state index < -0.39 is 10.2 Å². The summed E-state index contributed by atoms with van der Waals surface area (Å²) in [7, 11) is -1.96. The summed E-state index contributed by atoms with van der Waals surface area (Å²) >= 11 is 0. The van der Waals surface area contributed by atoms with Gasteiger partial charge in [0.15, 0.2) is 0 Å². The number of ether oxygens (including phenoxy) is 1. The van der Waals surface area contributed by atoms with E-state index in [1.54, 1.807) is 12.0 Å². The second kappa shape index (κ2) is 9.14. The molecule has 0 spiro atoms. The highest BCUT2D eigenvalue weighted by Gasteiger charge is 2.37. The van der Waals surface area contributed by atoms with Crippen LogP contribution in [-0.4, -0.2) is 80.8 Å². The summed E-state index contributed by atoms with van der Waals surface area (Å²) in [6, 6.07) is 10.0. The monoisotopic (exact) mass is 395 g/mol. The molecule has 1 aromatic rings. The molecule has 0 radical (unpaired) electrons. The van der Waals surface area contributed by atoms with Gasteiger partial charge in [-0.25, -0.2) is 0 Å². The Labute approximate surface area is 162 Å². The minimum absolute atomic E-state index is 0.0669. The van der Waals surface area contributed by atoms with Crippen molar-refractivity contribution < 1.29 is 17.9 Å². The summed E-state index contributed by atoms with van der Waals surface area (Å²) in [6.45, 7) is 2.91. The Morgan fingerprint density at radius 3 is 2.59 bits per heavy atom. The van der Waals surface area contributed by atoms with Gasteiger partial charge in [-0.1, -0.05) is 30.3 Å². The molecule has 0 aliphatic carbocycles. The molecule has 1 aromatic carbocycles. The minimum atomic E-state index is -3.60. The van der Waals surface area contributed by atoms with Gasteiger partial charge in [0.05, 0.1) is 13.2 Å². The zero-order chi connectivity index (χ0) is 19.3. The fourth-order valence-corrected chi connectivity index (χ4v) is 5.47. The molecule has 0 bridgehead atoms. The molecular weight excluding hydrogens is 366 g/mol. The smallest absolute Gasteiger partial charge is 0.282 e. The van der Waals surface area contributed by atoms with Gasteiger partial charge in [0.1, 0.15) is 0 Å². The molecule has 2 heterocycles. The first-order valence-electron chi connectivity index (χ1n) is 9.56. The van der Waals surface area contributed by atoms with Crippen LogP contribution in [0.5, 0.6) is 0 Å². The number of hydrogen-bond donors (Lipinski definition) is 0. The van der Waals surface area contributed by atoms with Crippen LogP contribution in [0.15, 0.2) is 30.3 Å². The van der Waals surface area contributed by atoms with E-state index in [-0.39, 0.29) is 18.4 Å². The average molecular weight is 396 g/mol. The molecule has 2 saturated heterocycles. The fourth-order valence-electron chi connectivity index (χ4n) is 3.80. The molecule has 1 atom stereocenters. The minimum Gasteiger partial charge on any atom is -0.384 e. The van der Waals surface area contributed by atoms with Crippen molar-refractivity contribution in [1.82, 2.24) is 13.5 Å². The first kappa shape index (κ1) is 20.3. The van der Waals surface area contributed by atoms with Crippen LogP contribution < -0.4 is 0 Å². The van der Waals surface area contributed by atoms with E-state index in [2.05, 4.69) is 0 Å². The van der Waals surface area contributed by atoms with Gasteiger partial charge in [0.25, 0.3) is 10.2 Å². The average Bonchev–Trinajstić information content (AvgIpc) is 2.68. The van der Waals surface area contributed by atoms with Gasteiger partial charge in [-0.2, -0.15) is 17.0 Å². The molecule has 1 amide bonds. The van der Waals surface area contributed by atoms with Crippen molar-refractivity contribution in [1.29, 1.82) is 0 Å². The Morgan fingerprint density at radius 2 is 1.89 bits per heavy atom. The third-order valence-electron chi connectivity index (χ3n) is 5.33. The normalized spacial score (nSPS) is 22.9. The second-order valence-electron chi connectivity index (χ2n) is 7.28. The van der Waals surface area contributed by atoms with Crippen molar-refractivity contribution in [2.75, 3.05) is 53.0 Å². The summed E-state index contributed by atoms with van der Waals surface area (Å²) in [5.74, 6) is 0.104. The first-order chi connectivity index (χ1) is 13.0. The number of nitrogens with zero attached hydrogens (tertiary/aromatic N) is 3. The SMILES string of the molecule is COCC1CCCN(S(=O)(=O)N2CCN(CCc3ccccc3)C(=O)C2)C1. The maximum atomic E-state index is 13.0. The summed E-state index contributed by atoms with van der Waals surface area (Å²) < 4.78 is 34.0. The van der Waals surface area contributed by atoms with Crippen LogP contribution >= 0.6 is 0 Å². The lowest BCUT2D eigenvalue weighted by atomic mass is 10.0. The fraction of sp³-hybridized carbons (Fsp3) is 0.632. The van der Waals surface area contributed by atoms with Gasteiger partial charge in [-0.05, 0) is 30.7 Å². The van der Waals surface area contributed by atoms with Crippen LogP contribution in [0.2, 0.25) is 0 Å². The predicted octanol–water partition coefficient (Wildman–Crippen LogP) is 0.977. The molecule has 0 aromatic heterocycles. The van der Waals surface area contributed by atoms with E-state index in [0.29, 0.717) is 39.3 Å². The van der Waals surface area contributed by atoms with Crippen LogP contribution in [0.1, 0.15) is 18.4 Å². The Morgan fingerprint density at radius 1 is 1.11 bits per heavy atom. The van der Waals surface area contributed by atoms with Gasteiger partial charge in [0, 0.05) is 39.8 Å². The topological polar surface area (TPSA) is 70.2 Å². The van der Waals surface area contributed by atoms with Gasteiger partial charge in [0.2, 0.25) is 5.91 Å². The molecule has 3 rings (SSSR count). The maximum Gasteiger partial charge on any atom is 0.282 e. The van der Waals surface area contributed by atoms with Crippen LogP contribution in [-0.2, 0) is 26.2 Å². The predicted molar refractivity (Wildman–Crippen MR) is 103 cm³/mol. The molecule has 150 valence electrons. The summed E-state index contributed by atoms with van der Waals surface area (Å²) in [4.78, 5) is 14.3. The van der Waals surface area contributed by atoms with E-state index in [0.717, 1.165) is 19.3 Å². The van der Waals surface area contributed by atoms with E-state index in [1.165, 1.54) is 14.2 Å². The molecular formula is C19H29N3O4S. The van der Waals surface area contributed by atoms with Crippen molar-refractivity contribution in [3.63, 3.8) is 0 Å². The van der Waals surface area contributed by atoms with Crippen LogP contribution in [0, 0.1) is 5.92 Å². The molecule has 1 unspecified atom stereocenters. The van der Waals surface area contributed by atoms with Crippen LogP contribution in [0.4, 0.5) is 0 Å². The lowest BCUT2D eigenvalue weighted by molar-refractivity contribution is -0.134. The molecule has 8 heteroatoms. The van der Waals surface area contributed by atoms with Crippen molar-refractivity contribution in [3.8, 4) is 0 Å². The number of hydrogen-bond acceptors (Lipinski definition) is 4. The largest absolute Gasteiger partial charge is 0.384 e. The lowest BCUT2D eigenvalue weighted by Gasteiger charge is -2.38. The third kappa shape index (κ3) is 5.07. The second-order valence-corrected chi connectivity index (χ2v) is 9.21. The van der Waals surface area contributed by atoms with Gasteiger partial charge < -0.3 is 9.64 Å². The highest BCUT2D eigenvalue weighted by molar-refractivity contribution is 7.86. The zero-order valence-corrected chi connectivity index (χ0v) is 16.7. The standard InChI is InChI=1S/C19H29N3O4S/c1-26-16-18-8-5-10-21(14-18)27(24,25)22-13-12-20(19(23)15-22)11-9-17-6-3-2-4-7-17/h2-4,6-7,18H,5,8-16H2,1H3. The third-order valence-corrected chi connectivity index (χ3v) is 7.28. The molecule has 2 aliphatic rings. The Hall–Kier alpha value is -1.48. The number of piperazine rings is 1. The number of amides is 1. The van der Waals surface area contributed by atoms with Crippen molar-refractivity contribution in [2.45, 2.75) is 19.3 Å². The van der Waals surface area contributed by atoms with Gasteiger partial charge >= 0.3 is 0 Å². The number of carbonyl (C=O) groups excluding carboxylic acids is 1. The molecule has 2 aliphatic heterocycles. The highest BCUT2D eigenvalue weighted by atomic mass is 32.2. The van der Waals surface area contributed by atoms with Crippen LogP contribution in [0.3, 0.4) is 0 Å². The Balaban J connectivity index is 1.55. The van der Waals surface area contributed by atoms with Crippen molar-refractivity contribution >= 4 is 16.1 Å². The highest BCUT2D eigenvalue weighted by Crippen LogP contribution is 2.22. The molecule has 7 nitrogen and oxygen atoms in total.